The highest BCUT2D eigenvalue weighted by Gasteiger charge is 2.33. The Kier molecular flexibility index (Phi) is 4.77. The molecule has 1 aliphatic rings. The van der Waals surface area contributed by atoms with Crippen LogP contribution >= 0.6 is 0 Å². The van der Waals surface area contributed by atoms with E-state index in [0.717, 1.165) is 0 Å². The minimum absolute atomic E-state index is 0.0165. The molecule has 0 aromatic heterocycles. The lowest BCUT2D eigenvalue weighted by Crippen LogP contribution is -2.46. The number of anilines is 1. The summed E-state index contributed by atoms with van der Waals surface area (Å²) >= 11 is 0. The van der Waals surface area contributed by atoms with E-state index in [9.17, 15) is 14.7 Å². The van der Waals surface area contributed by atoms with E-state index in [1.165, 1.54) is 7.11 Å². The first kappa shape index (κ1) is 15.3. The third-order valence-electron chi connectivity index (χ3n) is 3.19. The van der Waals surface area contributed by atoms with Crippen molar-refractivity contribution in [1.29, 1.82) is 0 Å². The maximum atomic E-state index is 11.7. The van der Waals surface area contributed by atoms with Gasteiger partial charge in [0.05, 0.1) is 13.7 Å². The van der Waals surface area contributed by atoms with Crippen LogP contribution in [0.3, 0.4) is 0 Å². The Morgan fingerprint density at radius 2 is 2.24 bits per heavy atom. The second-order valence-electron chi connectivity index (χ2n) is 4.90. The van der Waals surface area contributed by atoms with Crippen LogP contribution in [0.25, 0.3) is 0 Å². The topological polar surface area (TPSA) is 96.9 Å². The first-order valence-corrected chi connectivity index (χ1v) is 6.56. The van der Waals surface area contributed by atoms with Gasteiger partial charge in [0.25, 0.3) is 0 Å². The molecule has 3 N–H and O–H groups in total. The van der Waals surface area contributed by atoms with Gasteiger partial charge in [-0.25, -0.2) is 0 Å². The number of hydrogen-bond donors (Lipinski definition) is 3. The van der Waals surface area contributed by atoms with E-state index < -0.39 is 17.4 Å². The quantitative estimate of drug-likeness (QED) is 0.674. The predicted octanol–water partition coefficient (Wildman–Crippen LogP) is -0.0987. The van der Waals surface area contributed by atoms with Crippen molar-refractivity contribution in [2.45, 2.75) is 12.0 Å². The fourth-order valence-corrected chi connectivity index (χ4v) is 1.95. The second kappa shape index (κ2) is 6.55. The molecule has 1 atom stereocenters. The van der Waals surface area contributed by atoms with Crippen LogP contribution in [0.5, 0.6) is 5.75 Å². The standard InChI is InChI=1S/C14H18N2O5/c1-20-11-4-2-3-10(7-11)16-13(18)12(17)15-8-14(19)5-6-21-9-14/h2-4,7,19H,5-6,8-9H2,1H3,(H,15,17)(H,16,18)/t14-/m1/s1. The minimum atomic E-state index is -1.09. The van der Waals surface area contributed by atoms with Gasteiger partial charge in [-0.05, 0) is 12.1 Å². The molecule has 1 aliphatic heterocycles. The number of amides is 2. The van der Waals surface area contributed by atoms with Crippen molar-refractivity contribution >= 4 is 17.5 Å². The molecule has 7 nitrogen and oxygen atoms in total. The zero-order valence-corrected chi connectivity index (χ0v) is 11.7. The molecule has 1 aromatic rings. The summed E-state index contributed by atoms with van der Waals surface area (Å²) in [5.74, 6) is -1.03. The van der Waals surface area contributed by atoms with Gasteiger partial charge in [0.1, 0.15) is 11.4 Å². The van der Waals surface area contributed by atoms with E-state index in [2.05, 4.69) is 10.6 Å². The van der Waals surface area contributed by atoms with Gasteiger partial charge < -0.3 is 25.2 Å². The lowest BCUT2D eigenvalue weighted by molar-refractivity contribution is -0.136. The molecule has 1 saturated heterocycles. The number of rotatable bonds is 4. The zero-order chi connectivity index (χ0) is 15.3. The molecule has 0 radical (unpaired) electrons. The fraction of sp³-hybridized carbons (Fsp3) is 0.429. The average molecular weight is 294 g/mol. The van der Waals surface area contributed by atoms with Crippen molar-refractivity contribution in [2.75, 3.05) is 32.2 Å². The summed E-state index contributed by atoms with van der Waals surface area (Å²) in [6.07, 6.45) is 0.435. The Hall–Kier alpha value is -2.12. The smallest absolute Gasteiger partial charge is 0.313 e. The van der Waals surface area contributed by atoms with Crippen LogP contribution in [0.1, 0.15) is 6.42 Å². The van der Waals surface area contributed by atoms with Crippen LogP contribution in [0.15, 0.2) is 24.3 Å². The minimum Gasteiger partial charge on any atom is -0.497 e. The Bertz CT molecular complexity index is 526. The Labute approximate surface area is 122 Å². The van der Waals surface area contributed by atoms with Gasteiger partial charge in [0.2, 0.25) is 0 Å². The van der Waals surface area contributed by atoms with Crippen LogP contribution in [0.2, 0.25) is 0 Å². The second-order valence-corrected chi connectivity index (χ2v) is 4.90. The molecule has 1 fully saturated rings. The molecule has 2 amide bonds. The van der Waals surface area contributed by atoms with Gasteiger partial charge in [-0.3, -0.25) is 9.59 Å². The van der Waals surface area contributed by atoms with Gasteiger partial charge in [-0.15, -0.1) is 0 Å². The first-order valence-electron chi connectivity index (χ1n) is 6.56. The van der Waals surface area contributed by atoms with Crippen molar-refractivity contribution in [2.24, 2.45) is 0 Å². The number of methoxy groups -OCH3 is 1. The third kappa shape index (κ3) is 4.17. The molecule has 1 aromatic carbocycles. The van der Waals surface area contributed by atoms with E-state index >= 15 is 0 Å². The maximum Gasteiger partial charge on any atom is 0.313 e. The first-order chi connectivity index (χ1) is 10.0. The molecule has 0 spiro atoms. The Balaban J connectivity index is 1.86. The van der Waals surface area contributed by atoms with E-state index in [1.807, 2.05) is 0 Å². The normalized spacial score (nSPS) is 20.9. The predicted molar refractivity (Wildman–Crippen MR) is 75.0 cm³/mol. The van der Waals surface area contributed by atoms with Crippen molar-refractivity contribution in [1.82, 2.24) is 5.32 Å². The lowest BCUT2D eigenvalue weighted by Gasteiger charge is -2.20. The maximum absolute atomic E-state index is 11.7. The van der Waals surface area contributed by atoms with Crippen molar-refractivity contribution in [3.63, 3.8) is 0 Å². The molecule has 2 rings (SSSR count). The molecule has 21 heavy (non-hydrogen) atoms. The summed E-state index contributed by atoms with van der Waals surface area (Å²) in [6.45, 7) is 0.588. The van der Waals surface area contributed by atoms with Crippen LogP contribution in [-0.2, 0) is 14.3 Å². The zero-order valence-electron chi connectivity index (χ0n) is 11.7. The number of aliphatic hydroxyl groups is 1. The molecular weight excluding hydrogens is 276 g/mol. The summed E-state index contributed by atoms with van der Waals surface area (Å²) in [4.78, 5) is 23.4. The lowest BCUT2D eigenvalue weighted by atomic mass is 10.0. The van der Waals surface area contributed by atoms with Gasteiger partial charge in [0, 0.05) is 31.3 Å². The summed E-state index contributed by atoms with van der Waals surface area (Å²) < 4.78 is 10.1. The van der Waals surface area contributed by atoms with E-state index in [4.69, 9.17) is 9.47 Å². The van der Waals surface area contributed by atoms with Gasteiger partial charge in [-0.2, -0.15) is 0 Å². The summed E-state index contributed by atoms with van der Waals surface area (Å²) in [5.41, 5.74) is -0.635. The fourth-order valence-electron chi connectivity index (χ4n) is 1.95. The summed E-state index contributed by atoms with van der Waals surface area (Å²) in [7, 11) is 1.51. The molecule has 114 valence electrons. The molecule has 7 heteroatoms. The van der Waals surface area contributed by atoms with Crippen molar-refractivity contribution < 1.29 is 24.2 Å². The number of benzene rings is 1. The highest BCUT2D eigenvalue weighted by molar-refractivity contribution is 6.39. The number of carbonyl (C=O) groups is 2. The third-order valence-corrected chi connectivity index (χ3v) is 3.19. The summed E-state index contributed by atoms with van der Waals surface area (Å²) in [6, 6.07) is 6.67. The number of hydrogen-bond acceptors (Lipinski definition) is 5. The van der Waals surface area contributed by atoms with Gasteiger partial charge in [0.15, 0.2) is 0 Å². The highest BCUT2D eigenvalue weighted by atomic mass is 16.5. The van der Waals surface area contributed by atoms with Crippen LogP contribution in [0.4, 0.5) is 5.69 Å². The number of ether oxygens (including phenoxy) is 2. The largest absolute Gasteiger partial charge is 0.497 e. The van der Waals surface area contributed by atoms with Crippen LogP contribution in [0, 0.1) is 0 Å². The van der Waals surface area contributed by atoms with Crippen LogP contribution in [-0.4, -0.2) is 49.4 Å². The van der Waals surface area contributed by atoms with E-state index in [-0.39, 0.29) is 13.2 Å². The highest BCUT2D eigenvalue weighted by Crippen LogP contribution is 2.17. The molecule has 0 aliphatic carbocycles. The van der Waals surface area contributed by atoms with E-state index in [1.54, 1.807) is 24.3 Å². The number of carbonyl (C=O) groups excluding carboxylic acids is 2. The monoisotopic (exact) mass is 294 g/mol. The summed E-state index contributed by atoms with van der Waals surface area (Å²) in [5, 5.41) is 14.9. The average Bonchev–Trinajstić information content (AvgIpc) is 2.92. The SMILES string of the molecule is COc1cccc(NC(=O)C(=O)NC[C@]2(O)CCOC2)c1. The van der Waals surface area contributed by atoms with Crippen molar-refractivity contribution in [3.8, 4) is 5.75 Å². The molecule has 1 heterocycles. The van der Waals surface area contributed by atoms with E-state index in [0.29, 0.717) is 24.5 Å². The molecular formula is C14H18N2O5. The van der Waals surface area contributed by atoms with Crippen LogP contribution < -0.4 is 15.4 Å². The van der Waals surface area contributed by atoms with Gasteiger partial charge in [-0.1, -0.05) is 6.07 Å². The Morgan fingerprint density at radius 1 is 1.43 bits per heavy atom. The molecule has 0 bridgehead atoms. The Morgan fingerprint density at radius 3 is 2.90 bits per heavy atom. The molecule has 0 unspecified atom stereocenters. The number of nitrogens with one attached hydrogen (secondary N) is 2. The molecule has 0 saturated carbocycles. The van der Waals surface area contributed by atoms with Gasteiger partial charge >= 0.3 is 11.8 Å². The van der Waals surface area contributed by atoms with Crippen molar-refractivity contribution in [3.05, 3.63) is 24.3 Å².